The van der Waals surface area contributed by atoms with Crippen LogP contribution in [0.1, 0.15) is 25.7 Å². The van der Waals surface area contributed by atoms with Gasteiger partial charge in [0.15, 0.2) is 0 Å². The molecule has 1 amide bonds. The number of sulfonamides is 1. The van der Waals surface area contributed by atoms with Crippen molar-refractivity contribution in [2.24, 2.45) is 0 Å². The van der Waals surface area contributed by atoms with Gasteiger partial charge in [-0.15, -0.1) is 0 Å². The van der Waals surface area contributed by atoms with E-state index in [1.807, 2.05) is 0 Å². The number of ether oxygens (including phenoxy) is 1. The average Bonchev–Trinajstić information content (AvgIpc) is 3.05. The highest BCUT2D eigenvalue weighted by atomic mass is 32.2. The monoisotopic (exact) mass is 342 g/mol. The molecule has 128 valence electrons. The number of carbonyl (C=O) groups is 1. The Hall–Kier alpha value is -1.64. The number of amides is 1. The fraction of sp³-hybridized carbons (Fsp3) is 0.533. The summed E-state index contributed by atoms with van der Waals surface area (Å²) in [6, 6.07) is 4.64. The Morgan fingerprint density at radius 3 is 2.43 bits per heavy atom. The molecule has 3 N–H and O–H groups in total. The van der Waals surface area contributed by atoms with Crippen molar-refractivity contribution in [3.05, 3.63) is 24.3 Å². The van der Waals surface area contributed by atoms with Crippen LogP contribution in [0.5, 0.6) is 5.75 Å². The van der Waals surface area contributed by atoms with Crippen molar-refractivity contribution in [3.63, 3.8) is 0 Å². The second-order valence-electron chi connectivity index (χ2n) is 5.52. The van der Waals surface area contributed by atoms with E-state index in [1.54, 1.807) is 0 Å². The maximum absolute atomic E-state index is 12.3. The molecule has 1 saturated carbocycles. The highest BCUT2D eigenvalue weighted by Crippen LogP contribution is 2.18. The molecule has 0 heterocycles. The highest BCUT2D eigenvalue weighted by molar-refractivity contribution is 7.89. The first-order chi connectivity index (χ1) is 11.0. The second-order valence-corrected chi connectivity index (χ2v) is 7.24. The van der Waals surface area contributed by atoms with Crippen LogP contribution in [-0.2, 0) is 14.8 Å². The van der Waals surface area contributed by atoms with Crippen LogP contribution in [0.4, 0.5) is 0 Å². The molecule has 2 rings (SSSR count). The summed E-state index contributed by atoms with van der Waals surface area (Å²) in [5, 5.41) is 12.1. The molecular formula is C15H22N2O5S. The van der Waals surface area contributed by atoms with E-state index in [4.69, 9.17) is 4.74 Å². The van der Waals surface area contributed by atoms with Gasteiger partial charge >= 0.3 is 0 Å². The molecule has 0 spiro atoms. The molecule has 1 aromatic carbocycles. The molecule has 0 bridgehead atoms. The van der Waals surface area contributed by atoms with E-state index in [2.05, 4.69) is 10.0 Å². The average molecular weight is 342 g/mol. The van der Waals surface area contributed by atoms with E-state index in [1.165, 1.54) is 31.4 Å². The zero-order chi connectivity index (χ0) is 16.9. The minimum absolute atomic E-state index is 0.00502. The molecule has 7 nitrogen and oxygen atoms in total. The Bertz CT molecular complexity index is 624. The molecule has 0 aromatic heterocycles. The SMILES string of the molecule is COc1ccc(S(=O)(=O)N[C@@H](CO)C(=O)NC2CCCC2)cc1. The normalized spacial score (nSPS) is 17.0. The summed E-state index contributed by atoms with van der Waals surface area (Å²) in [5.74, 6) is 0.0260. The van der Waals surface area contributed by atoms with Crippen molar-refractivity contribution in [2.75, 3.05) is 13.7 Å². The number of aliphatic hydroxyl groups excluding tert-OH is 1. The maximum atomic E-state index is 12.3. The number of aliphatic hydroxyl groups is 1. The van der Waals surface area contributed by atoms with Crippen molar-refractivity contribution in [1.82, 2.24) is 10.0 Å². The first kappa shape index (κ1) is 17.7. The van der Waals surface area contributed by atoms with Gasteiger partial charge in [0.1, 0.15) is 11.8 Å². The van der Waals surface area contributed by atoms with E-state index in [9.17, 15) is 18.3 Å². The minimum Gasteiger partial charge on any atom is -0.497 e. The van der Waals surface area contributed by atoms with Crippen LogP contribution in [0, 0.1) is 0 Å². The lowest BCUT2D eigenvalue weighted by Gasteiger charge is -2.19. The molecule has 0 saturated heterocycles. The smallest absolute Gasteiger partial charge is 0.241 e. The van der Waals surface area contributed by atoms with Gasteiger partial charge in [-0.3, -0.25) is 4.79 Å². The number of hydrogen-bond donors (Lipinski definition) is 3. The van der Waals surface area contributed by atoms with Crippen LogP contribution in [0.15, 0.2) is 29.2 Å². The first-order valence-corrected chi connectivity index (χ1v) is 9.02. The fourth-order valence-electron chi connectivity index (χ4n) is 2.56. The van der Waals surface area contributed by atoms with Crippen molar-refractivity contribution in [1.29, 1.82) is 0 Å². The fourth-order valence-corrected chi connectivity index (χ4v) is 3.74. The maximum Gasteiger partial charge on any atom is 0.241 e. The third kappa shape index (κ3) is 4.66. The predicted octanol–water partition coefficient (Wildman–Crippen LogP) is 0.393. The zero-order valence-corrected chi connectivity index (χ0v) is 13.8. The third-order valence-electron chi connectivity index (χ3n) is 3.87. The van der Waals surface area contributed by atoms with E-state index in [-0.39, 0.29) is 10.9 Å². The summed E-state index contributed by atoms with van der Waals surface area (Å²) >= 11 is 0. The first-order valence-electron chi connectivity index (χ1n) is 7.54. The van der Waals surface area contributed by atoms with Gasteiger partial charge in [-0.05, 0) is 37.1 Å². The lowest BCUT2D eigenvalue weighted by Crippen LogP contribution is -2.50. The predicted molar refractivity (Wildman–Crippen MR) is 84.6 cm³/mol. The number of hydrogen-bond acceptors (Lipinski definition) is 5. The second kappa shape index (κ2) is 7.76. The molecule has 1 aliphatic rings. The minimum atomic E-state index is -3.90. The Labute approximate surface area is 136 Å². The molecule has 0 radical (unpaired) electrons. The number of methoxy groups -OCH3 is 1. The molecule has 1 aliphatic carbocycles. The largest absolute Gasteiger partial charge is 0.497 e. The molecular weight excluding hydrogens is 320 g/mol. The topological polar surface area (TPSA) is 105 Å². The van der Waals surface area contributed by atoms with Gasteiger partial charge in [-0.25, -0.2) is 8.42 Å². The molecule has 1 atom stereocenters. The summed E-state index contributed by atoms with van der Waals surface area (Å²) in [6.45, 7) is -0.603. The summed E-state index contributed by atoms with van der Waals surface area (Å²) in [4.78, 5) is 12.1. The van der Waals surface area contributed by atoms with Gasteiger partial charge in [0.05, 0.1) is 18.6 Å². The summed E-state index contributed by atoms with van der Waals surface area (Å²) < 4.78 is 31.8. The number of carbonyl (C=O) groups excluding carboxylic acids is 1. The zero-order valence-electron chi connectivity index (χ0n) is 13.0. The van der Waals surface area contributed by atoms with E-state index in [0.29, 0.717) is 5.75 Å². The molecule has 8 heteroatoms. The highest BCUT2D eigenvalue weighted by Gasteiger charge is 2.27. The Balaban J connectivity index is 2.04. The van der Waals surface area contributed by atoms with Crippen molar-refractivity contribution in [3.8, 4) is 5.75 Å². The van der Waals surface area contributed by atoms with Crippen LogP contribution in [0.3, 0.4) is 0 Å². The summed E-state index contributed by atoms with van der Waals surface area (Å²) in [6.07, 6.45) is 3.86. The van der Waals surface area contributed by atoms with Crippen LogP contribution >= 0.6 is 0 Å². The Morgan fingerprint density at radius 2 is 1.91 bits per heavy atom. The summed E-state index contributed by atoms with van der Waals surface area (Å²) in [5.41, 5.74) is 0. The van der Waals surface area contributed by atoms with Gasteiger partial charge in [-0.2, -0.15) is 4.72 Å². The Morgan fingerprint density at radius 1 is 1.30 bits per heavy atom. The molecule has 0 aliphatic heterocycles. The standard InChI is InChI=1S/C15H22N2O5S/c1-22-12-6-8-13(9-7-12)23(20,21)17-14(10-18)15(19)16-11-4-2-3-5-11/h6-9,11,14,17-18H,2-5,10H2,1H3,(H,16,19)/t14-/m0/s1. The van der Waals surface area contributed by atoms with Crippen LogP contribution in [-0.4, -0.2) is 45.2 Å². The molecule has 1 aromatic rings. The van der Waals surface area contributed by atoms with Crippen LogP contribution in [0.2, 0.25) is 0 Å². The van der Waals surface area contributed by atoms with Gasteiger partial charge in [0, 0.05) is 6.04 Å². The van der Waals surface area contributed by atoms with Crippen molar-refractivity contribution in [2.45, 2.75) is 42.7 Å². The van der Waals surface area contributed by atoms with Crippen LogP contribution < -0.4 is 14.8 Å². The summed E-state index contributed by atoms with van der Waals surface area (Å²) in [7, 11) is -2.42. The number of nitrogens with one attached hydrogen (secondary N) is 2. The van der Waals surface area contributed by atoms with Gasteiger partial charge in [0.25, 0.3) is 0 Å². The number of benzene rings is 1. The van der Waals surface area contributed by atoms with Crippen molar-refractivity contribution >= 4 is 15.9 Å². The molecule has 23 heavy (non-hydrogen) atoms. The quantitative estimate of drug-likeness (QED) is 0.665. The number of rotatable bonds is 7. The van der Waals surface area contributed by atoms with E-state index < -0.39 is 28.6 Å². The van der Waals surface area contributed by atoms with Gasteiger partial charge in [0.2, 0.25) is 15.9 Å². The van der Waals surface area contributed by atoms with Gasteiger partial charge in [-0.1, -0.05) is 12.8 Å². The lowest BCUT2D eigenvalue weighted by molar-refractivity contribution is -0.124. The van der Waals surface area contributed by atoms with Gasteiger partial charge < -0.3 is 15.2 Å². The molecule has 1 fully saturated rings. The van der Waals surface area contributed by atoms with E-state index in [0.717, 1.165) is 25.7 Å². The Kier molecular flexibility index (Phi) is 5.97. The molecule has 0 unspecified atom stereocenters. The third-order valence-corrected chi connectivity index (χ3v) is 5.36. The van der Waals surface area contributed by atoms with E-state index >= 15 is 0 Å². The van der Waals surface area contributed by atoms with Crippen molar-refractivity contribution < 1.29 is 23.1 Å². The lowest BCUT2D eigenvalue weighted by atomic mass is 10.2. The van der Waals surface area contributed by atoms with Crippen LogP contribution in [0.25, 0.3) is 0 Å².